The standard InChI is InChI=1S/C27H27ClFN3O4/c1-2-35-27(34)31-13-11-30(12-14-31)25(33)10-8-20-16-24-26(21-6-4-3-5-18(21)17-36-24)32(20)23-9-7-19(29)15-22(23)28/h3-7,9,15-16H,2,8,10-14,17H2,1H3. The fraction of sp³-hybridized carbons (Fsp3) is 0.333. The molecule has 3 heterocycles. The van der Waals surface area contributed by atoms with E-state index in [0.717, 1.165) is 22.5 Å². The number of aromatic nitrogens is 1. The number of amides is 2. The van der Waals surface area contributed by atoms with Gasteiger partial charge in [0.25, 0.3) is 0 Å². The zero-order chi connectivity index (χ0) is 25.2. The topological polar surface area (TPSA) is 64.0 Å². The molecule has 0 atom stereocenters. The van der Waals surface area contributed by atoms with Crippen molar-refractivity contribution >= 4 is 23.6 Å². The average Bonchev–Trinajstić information content (AvgIpc) is 3.26. The van der Waals surface area contributed by atoms with Gasteiger partial charge in [0.1, 0.15) is 18.2 Å². The van der Waals surface area contributed by atoms with Crippen molar-refractivity contribution < 1.29 is 23.5 Å². The third kappa shape index (κ3) is 4.65. The number of carbonyl (C=O) groups excluding carboxylic acids is 2. The first-order valence-corrected chi connectivity index (χ1v) is 12.4. The average molecular weight is 512 g/mol. The summed E-state index contributed by atoms with van der Waals surface area (Å²) in [6.45, 7) is 4.39. The van der Waals surface area contributed by atoms with Gasteiger partial charge in [-0.15, -0.1) is 0 Å². The molecule has 0 unspecified atom stereocenters. The minimum atomic E-state index is -0.417. The van der Waals surface area contributed by atoms with Gasteiger partial charge in [-0.1, -0.05) is 35.9 Å². The molecule has 188 valence electrons. The number of rotatable bonds is 5. The van der Waals surface area contributed by atoms with Gasteiger partial charge in [-0.05, 0) is 37.1 Å². The Morgan fingerprint density at radius 1 is 1.06 bits per heavy atom. The zero-order valence-corrected chi connectivity index (χ0v) is 20.8. The summed E-state index contributed by atoms with van der Waals surface area (Å²) in [4.78, 5) is 28.4. The van der Waals surface area contributed by atoms with Gasteiger partial charge in [-0.2, -0.15) is 0 Å². The number of benzene rings is 2. The molecule has 2 amide bonds. The fourth-order valence-electron chi connectivity index (χ4n) is 4.80. The van der Waals surface area contributed by atoms with E-state index in [-0.39, 0.29) is 23.4 Å². The maximum atomic E-state index is 13.8. The number of nitrogens with zero attached hydrogens (tertiary/aromatic N) is 3. The predicted molar refractivity (Wildman–Crippen MR) is 134 cm³/mol. The van der Waals surface area contributed by atoms with Crippen molar-refractivity contribution in [2.45, 2.75) is 26.4 Å². The maximum Gasteiger partial charge on any atom is 0.409 e. The molecule has 36 heavy (non-hydrogen) atoms. The largest absolute Gasteiger partial charge is 0.487 e. The van der Waals surface area contributed by atoms with E-state index in [2.05, 4.69) is 0 Å². The molecule has 0 saturated carbocycles. The fourth-order valence-corrected chi connectivity index (χ4v) is 5.05. The SMILES string of the molecule is CCOC(=O)N1CCN(C(=O)CCc2cc3c(n2-c2ccc(F)cc2Cl)-c2ccccc2CO3)CC1. The van der Waals surface area contributed by atoms with E-state index >= 15 is 0 Å². The van der Waals surface area contributed by atoms with E-state index in [4.69, 9.17) is 21.1 Å². The van der Waals surface area contributed by atoms with Crippen molar-refractivity contribution in [2.75, 3.05) is 32.8 Å². The number of fused-ring (bicyclic) bond motifs is 3. The summed E-state index contributed by atoms with van der Waals surface area (Å²) in [7, 11) is 0. The quantitative estimate of drug-likeness (QED) is 0.480. The Morgan fingerprint density at radius 3 is 2.56 bits per heavy atom. The second kappa shape index (κ2) is 10.2. The lowest BCUT2D eigenvalue weighted by Gasteiger charge is -2.34. The predicted octanol–water partition coefficient (Wildman–Crippen LogP) is 5.06. The molecule has 1 aromatic heterocycles. The van der Waals surface area contributed by atoms with Crippen LogP contribution >= 0.6 is 11.6 Å². The van der Waals surface area contributed by atoms with Crippen LogP contribution in [-0.2, 0) is 22.6 Å². The van der Waals surface area contributed by atoms with E-state index in [9.17, 15) is 14.0 Å². The number of piperazine rings is 1. The molecule has 0 N–H and O–H groups in total. The molecule has 1 fully saturated rings. The number of carbonyl (C=O) groups is 2. The summed E-state index contributed by atoms with van der Waals surface area (Å²) in [5.41, 5.74) is 4.39. The normalized spacial score (nSPS) is 14.6. The Hall–Kier alpha value is -3.52. The monoisotopic (exact) mass is 511 g/mol. The molecular weight excluding hydrogens is 485 g/mol. The smallest absolute Gasteiger partial charge is 0.409 e. The summed E-state index contributed by atoms with van der Waals surface area (Å²) in [5, 5.41) is 0.277. The number of hydrogen-bond acceptors (Lipinski definition) is 4. The molecule has 2 aromatic carbocycles. The summed E-state index contributed by atoms with van der Waals surface area (Å²) in [6, 6.07) is 14.2. The van der Waals surface area contributed by atoms with Crippen molar-refractivity contribution in [3.8, 4) is 22.7 Å². The minimum Gasteiger partial charge on any atom is -0.487 e. The van der Waals surface area contributed by atoms with Crippen LogP contribution < -0.4 is 4.74 Å². The van der Waals surface area contributed by atoms with Gasteiger partial charge in [0, 0.05) is 49.9 Å². The summed E-state index contributed by atoms with van der Waals surface area (Å²) < 4.78 is 26.9. The van der Waals surface area contributed by atoms with Crippen LogP contribution in [-0.4, -0.2) is 59.2 Å². The molecule has 2 aliphatic heterocycles. The van der Waals surface area contributed by atoms with Crippen molar-refractivity contribution in [1.29, 1.82) is 0 Å². The molecule has 7 nitrogen and oxygen atoms in total. The second-order valence-corrected chi connectivity index (χ2v) is 9.20. The lowest BCUT2D eigenvalue weighted by atomic mass is 10.0. The lowest BCUT2D eigenvalue weighted by molar-refractivity contribution is -0.132. The van der Waals surface area contributed by atoms with Gasteiger partial charge in [-0.25, -0.2) is 9.18 Å². The van der Waals surface area contributed by atoms with Crippen LogP contribution in [0.15, 0.2) is 48.5 Å². The van der Waals surface area contributed by atoms with Crippen LogP contribution in [0.3, 0.4) is 0 Å². The van der Waals surface area contributed by atoms with Crippen LogP contribution in [0.25, 0.3) is 16.9 Å². The highest BCUT2D eigenvalue weighted by Crippen LogP contribution is 2.43. The van der Waals surface area contributed by atoms with Crippen molar-refractivity contribution in [3.05, 3.63) is 70.6 Å². The van der Waals surface area contributed by atoms with Crippen LogP contribution in [0.2, 0.25) is 5.02 Å². The van der Waals surface area contributed by atoms with Gasteiger partial charge in [0.2, 0.25) is 5.91 Å². The Labute approximate surface area is 214 Å². The van der Waals surface area contributed by atoms with Crippen LogP contribution in [0.4, 0.5) is 9.18 Å². The molecule has 9 heteroatoms. The number of halogens is 2. The van der Waals surface area contributed by atoms with Gasteiger partial charge in [-0.3, -0.25) is 4.79 Å². The summed E-state index contributed by atoms with van der Waals surface area (Å²) in [6.07, 6.45) is 0.385. The zero-order valence-electron chi connectivity index (χ0n) is 20.0. The molecule has 5 rings (SSSR count). The van der Waals surface area contributed by atoms with Crippen LogP contribution in [0, 0.1) is 5.82 Å². The maximum absolute atomic E-state index is 13.8. The van der Waals surface area contributed by atoms with Gasteiger partial charge in [0.05, 0.1) is 23.0 Å². The van der Waals surface area contributed by atoms with E-state index < -0.39 is 5.82 Å². The first-order chi connectivity index (χ1) is 17.5. The molecule has 0 spiro atoms. The van der Waals surface area contributed by atoms with E-state index in [1.807, 2.05) is 34.9 Å². The van der Waals surface area contributed by atoms with Crippen LogP contribution in [0.1, 0.15) is 24.6 Å². The van der Waals surface area contributed by atoms with Gasteiger partial charge >= 0.3 is 6.09 Å². The Bertz CT molecular complexity index is 1300. The highest BCUT2D eigenvalue weighted by Gasteiger charge is 2.28. The second-order valence-electron chi connectivity index (χ2n) is 8.79. The number of ether oxygens (including phenoxy) is 2. The lowest BCUT2D eigenvalue weighted by Crippen LogP contribution is -2.50. The number of aryl methyl sites for hydroxylation is 1. The van der Waals surface area contributed by atoms with Crippen molar-refractivity contribution in [2.24, 2.45) is 0 Å². The molecule has 2 aliphatic rings. The van der Waals surface area contributed by atoms with Crippen molar-refractivity contribution in [3.63, 3.8) is 0 Å². The first kappa shape index (κ1) is 24.2. The molecule has 0 radical (unpaired) electrons. The van der Waals surface area contributed by atoms with Crippen LogP contribution in [0.5, 0.6) is 5.75 Å². The Balaban J connectivity index is 1.39. The Kier molecular flexibility index (Phi) is 6.87. The molecule has 0 bridgehead atoms. The first-order valence-electron chi connectivity index (χ1n) is 12.1. The number of hydrogen-bond donors (Lipinski definition) is 0. The van der Waals surface area contributed by atoms with Gasteiger partial charge < -0.3 is 23.8 Å². The Morgan fingerprint density at radius 2 is 1.81 bits per heavy atom. The highest BCUT2D eigenvalue weighted by molar-refractivity contribution is 6.32. The molecule has 0 aliphatic carbocycles. The van der Waals surface area contributed by atoms with E-state index in [1.165, 1.54) is 12.1 Å². The third-order valence-corrected chi connectivity index (χ3v) is 6.90. The molecule has 1 saturated heterocycles. The summed E-state index contributed by atoms with van der Waals surface area (Å²) >= 11 is 6.49. The minimum absolute atomic E-state index is 0.00996. The molecule has 3 aromatic rings. The van der Waals surface area contributed by atoms with E-state index in [0.29, 0.717) is 57.3 Å². The third-order valence-electron chi connectivity index (χ3n) is 6.60. The molecular formula is C27H27ClFN3O4. The highest BCUT2D eigenvalue weighted by atomic mass is 35.5. The summed E-state index contributed by atoms with van der Waals surface area (Å²) in [5.74, 6) is 0.301. The van der Waals surface area contributed by atoms with E-state index in [1.54, 1.807) is 22.8 Å². The van der Waals surface area contributed by atoms with Gasteiger partial charge in [0.15, 0.2) is 0 Å². The van der Waals surface area contributed by atoms with Crippen molar-refractivity contribution in [1.82, 2.24) is 14.4 Å².